The number of hydrogen-bond donors (Lipinski definition) is 1. The van der Waals surface area contributed by atoms with E-state index >= 15 is 0 Å². The molecular formula is C10H9BrN2O2S2. The van der Waals surface area contributed by atoms with E-state index in [4.69, 9.17) is 5.11 Å². The second kappa shape index (κ2) is 5.16. The van der Waals surface area contributed by atoms with E-state index in [0.717, 1.165) is 11.0 Å². The second-order valence-corrected chi connectivity index (χ2v) is 6.32. The van der Waals surface area contributed by atoms with Gasteiger partial charge in [-0.2, -0.15) is 0 Å². The third kappa shape index (κ3) is 3.05. The number of rotatable bonds is 4. The molecule has 7 heteroatoms. The zero-order valence-corrected chi connectivity index (χ0v) is 12.1. The smallest absolute Gasteiger partial charge is 0.347 e. The Morgan fingerprint density at radius 3 is 2.94 bits per heavy atom. The number of nitrogens with zero attached hydrogens (tertiary/aromatic N) is 2. The molecule has 2 rings (SSSR count). The Morgan fingerprint density at radius 2 is 2.41 bits per heavy atom. The highest BCUT2D eigenvalue weighted by Crippen LogP contribution is 2.26. The van der Waals surface area contributed by atoms with Gasteiger partial charge in [-0.3, -0.25) is 0 Å². The number of hydrogen-bond acceptors (Lipinski definition) is 5. The number of halogens is 1. The highest BCUT2D eigenvalue weighted by Gasteiger charge is 2.12. The van der Waals surface area contributed by atoms with E-state index in [0.29, 0.717) is 5.13 Å². The van der Waals surface area contributed by atoms with Crippen molar-refractivity contribution in [3.63, 3.8) is 0 Å². The first kappa shape index (κ1) is 12.5. The van der Waals surface area contributed by atoms with Crippen molar-refractivity contribution in [3.8, 4) is 0 Å². The van der Waals surface area contributed by atoms with Gasteiger partial charge in [-0.25, -0.2) is 9.78 Å². The van der Waals surface area contributed by atoms with Crippen LogP contribution in [0.3, 0.4) is 0 Å². The van der Waals surface area contributed by atoms with Crippen LogP contribution < -0.4 is 4.90 Å². The fourth-order valence-corrected chi connectivity index (χ4v) is 3.50. The number of anilines is 1. The number of thiophene rings is 1. The Labute approximate surface area is 115 Å². The summed E-state index contributed by atoms with van der Waals surface area (Å²) in [6.07, 6.45) is 1.39. The van der Waals surface area contributed by atoms with Crippen molar-refractivity contribution in [2.24, 2.45) is 0 Å². The molecule has 0 aromatic carbocycles. The van der Waals surface area contributed by atoms with Crippen LogP contribution in [0.1, 0.15) is 14.5 Å². The van der Waals surface area contributed by atoms with E-state index in [1.54, 1.807) is 11.3 Å². The van der Waals surface area contributed by atoms with Gasteiger partial charge in [-0.15, -0.1) is 11.3 Å². The molecule has 90 valence electrons. The van der Waals surface area contributed by atoms with Crippen LogP contribution in [0, 0.1) is 0 Å². The van der Waals surface area contributed by atoms with Crippen LogP contribution in [0.4, 0.5) is 5.13 Å². The van der Waals surface area contributed by atoms with Gasteiger partial charge in [0.1, 0.15) is 4.88 Å². The summed E-state index contributed by atoms with van der Waals surface area (Å²) < 4.78 is 1.07. The van der Waals surface area contributed by atoms with E-state index in [2.05, 4.69) is 20.9 Å². The Hall–Kier alpha value is -0.920. The molecule has 4 nitrogen and oxygen atoms in total. The molecule has 0 aliphatic carbocycles. The number of carboxylic acid groups (broad SMARTS) is 1. The number of carbonyl (C=O) groups is 1. The highest BCUT2D eigenvalue weighted by molar-refractivity contribution is 9.10. The van der Waals surface area contributed by atoms with Crippen molar-refractivity contribution >= 4 is 49.7 Å². The number of carboxylic acids is 1. The fourth-order valence-electron chi connectivity index (χ4n) is 1.28. The van der Waals surface area contributed by atoms with Crippen molar-refractivity contribution in [1.29, 1.82) is 0 Å². The lowest BCUT2D eigenvalue weighted by Crippen LogP contribution is -2.14. The summed E-state index contributed by atoms with van der Waals surface area (Å²) in [7, 11) is 1.90. The van der Waals surface area contributed by atoms with Crippen molar-refractivity contribution in [2.45, 2.75) is 6.54 Å². The average Bonchev–Trinajstić information content (AvgIpc) is 2.86. The standard InChI is InChI=1S/C10H9BrN2O2S2/c1-13(4-7-2-6(11)5-16-7)10-12-3-8(17-10)9(14)15/h2-3,5H,4H2,1H3,(H,14,15). The van der Waals surface area contributed by atoms with Crippen LogP contribution in [0.2, 0.25) is 0 Å². The van der Waals surface area contributed by atoms with Crippen molar-refractivity contribution in [3.05, 3.63) is 31.9 Å². The molecule has 0 spiro atoms. The van der Waals surface area contributed by atoms with Crippen molar-refractivity contribution < 1.29 is 9.90 Å². The Kier molecular flexibility index (Phi) is 3.80. The lowest BCUT2D eigenvalue weighted by atomic mass is 10.4. The summed E-state index contributed by atoms with van der Waals surface area (Å²) in [5, 5.41) is 11.6. The van der Waals surface area contributed by atoms with Gasteiger partial charge in [-0.1, -0.05) is 11.3 Å². The van der Waals surface area contributed by atoms with Crippen LogP contribution >= 0.6 is 38.6 Å². The molecule has 0 radical (unpaired) electrons. The summed E-state index contributed by atoms with van der Waals surface area (Å²) in [6, 6.07) is 2.05. The van der Waals surface area contributed by atoms with Crippen LogP contribution in [-0.2, 0) is 6.54 Å². The lowest BCUT2D eigenvalue weighted by Gasteiger charge is -2.13. The Bertz CT molecular complexity index is 538. The minimum absolute atomic E-state index is 0.263. The first-order valence-corrected chi connectivity index (χ1v) is 7.18. The predicted molar refractivity (Wildman–Crippen MR) is 73.2 cm³/mol. The molecular weight excluding hydrogens is 324 g/mol. The molecule has 17 heavy (non-hydrogen) atoms. The molecule has 2 aromatic heterocycles. The first-order valence-electron chi connectivity index (χ1n) is 4.69. The summed E-state index contributed by atoms with van der Waals surface area (Å²) in [5.41, 5.74) is 0. The van der Waals surface area contributed by atoms with Gasteiger partial charge in [0.05, 0.1) is 12.7 Å². The van der Waals surface area contributed by atoms with Gasteiger partial charge in [0.15, 0.2) is 5.13 Å². The van der Waals surface area contributed by atoms with E-state index in [1.807, 2.05) is 23.4 Å². The van der Waals surface area contributed by atoms with Gasteiger partial charge in [0, 0.05) is 21.8 Å². The molecule has 2 aromatic rings. The van der Waals surface area contributed by atoms with Crippen molar-refractivity contribution in [2.75, 3.05) is 11.9 Å². The Balaban J connectivity index is 2.08. The van der Waals surface area contributed by atoms with E-state index in [-0.39, 0.29) is 4.88 Å². The normalized spacial score (nSPS) is 10.5. The summed E-state index contributed by atoms with van der Waals surface area (Å²) >= 11 is 6.24. The van der Waals surface area contributed by atoms with Crippen molar-refractivity contribution in [1.82, 2.24) is 4.98 Å². The van der Waals surface area contributed by atoms with E-state index < -0.39 is 5.97 Å². The van der Waals surface area contributed by atoms with Crippen LogP contribution in [0.25, 0.3) is 0 Å². The fraction of sp³-hybridized carbons (Fsp3) is 0.200. The molecule has 0 aliphatic heterocycles. The number of aromatic carboxylic acids is 1. The Morgan fingerprint density at radius 1 is 1.65 bits per heavy atom. The minimum atomic E-state index is -0.930. The summed E-state index contributed by atoms with van der Waals surface area (Å²) in [6.45, 7) is 0.725. The summed E-state index contributed by atoms with van der Waals surface area (Å²) in [4.78, 5) is 18.2. The van der Waals surface area contributed by atoms with Crippen LogP contribution in [0.5, 0.6) is 0 Å². The van der Waals surface area contributed by atoms with E-state index in [9.17, 15) is 4.79 Å². The maximum atomic E-state index is 10.7. The molecule has 0 unspecified atom stereocenters. The van der Waals surface area contributed by atoms with Gasteiger partial charge in [-0.05, 0) is 22.0 Å². The third-order valence-electron chi connectivity index (χ3n) is 2.05. The minimum Gasteiger partial charge on any atom is -0.477 e. The molecule has 1 N–H and O–H groups in total. The zero-order valence-electron chi connectivity index (χ0n) is 8.88. The van der Waals surface area contributed by atoms with Gasteiger partial charge in [0.2, 0.25) is 0 Å². The number of aromatic nitrogens is 1. The predicted octanol–water partition coefficient (Wildman–Crippen LogP) is 3.30. The monoisotopic (exact) mass is 332 g/mol. The first-order chi connectivity index (χ1) is 8.06. The zero-order chi connectivity index (χ0) is 12.4. The maximum absolute atomic E-state index is 10.7. The molecule has 0 fully saturated rings. The molecule has 2 heterocycles. The molecule has 0 bridgehead atoms. The lowest BCUT2D eigenvalue weighted by molar-refractivity contribution is 0.0702. The van der Waals surface area contributed by atoms with Crippen LogP contribution in [-0.4, -0.2) is 23.1 Å². The number of thiazole rings is 1. The molecule has 0 saturated heterocycles. The largest absolute Gasteiger partial charge is 0.477 e. The SMILES string of the molecule is CN(Cc1cc(Br)cs1)c1ncc(C(=O)O)s1. The maximum Gasteiger partial charge on any atom is 0.347 e. The van der Waals surface area contributed by atoms with Crippen LogP contribution in [0.15, 0.2) is 22.1 Å². The quantitative estimate of drug-likeness (QED) is 0.933. The van der Waals surface area contributed by atoms with Gasteiger partial charge < -0.3 is 10.0 Å². The average molecular weight is 333 g/mol. The molecule has 0 saturated carbocycles. The van der Waals surface area contributed by atoms with Gasteiger partial charge >= 0.3 is 5.97 Å². The molecule has 0 amide bonds. The topological polar surface area (TPSA) is 53.4 Å². The third-order valence-corrected chi connectivity index (χ3v) is 4.83. The highest BCUT2D eigenvalue weighted by atomic mass is 79.9. The van der Waals surface area contributed by atoms with E-state index in [1.165, 1.54) is 22.4 Å². The van der Waals surface area contributed by atoms with Gasteiger partial charge in [0.25, 0.3) is 0 Å². The second-order valence-electron chi connectivity index (χ2n) is 3.40. The molecule has 0 atom stereocenters. The summed E-state index contributed by atoms with van der Waals surface area (Å²) in [5.74, 6) is -0.930. The molecule has 0 aliphatic rings.